The van der Waals surface area contributed by atoms with Crippen LogP contribution in [0.3, 0.4) is 0 Å². The van der Waals surface area contributed by atoms with E-state index in [0.717, 1.165) is 6.42 Å². The molecule has 0 aromatic carbocycles. The van der Waals surface area contributed by atoms with Gasteiger partial charge in [0.25, 0.3) is 0 Å². The number of pyridine rings is 1. The van der Waals surface area contributed by atoms with Crippen LogP contribution >= 0.6 is 0 Å². The van der Waals surface area contributed by atoms with E-state index in [2.05, 4.69) is 44.2 Å². The number of aryl methyl sites for hydroxylation is 1. The molecule has 1 unspecified atom stereocenters. The molecule has 1 aromatic heterocycles. The van der Waals surface area contributed by atoms with Gasteiger partial charge in [0.15, 0.2) is 0 Å². The highest BCUT2D eigenvalue weighted by atomic mass is 14.9. The summed E-state index contributed by atoms with van der Waals surface area (Å²) >= 11 is 0. The van der Waals surface area contributed by atoms with E-state index in [9.17, 15) is 0 Å². The zero-order chi connectivity index (χ0) is 12.0. The lowest BCUT2D eigenvalue weighted by atomic mass is 9.83. The minimum atomic E-state index is 0.337. The normalized spacial score (nSPS) is 13.8. The molecule has 0 aliphatic rings. The molecule has 0 aliphatic carbocycles. The zero-order valence-electron chi connectivity index (χ0n) is 11.0. The van der Waals surface area contributed by atoms with E-state index in [1.807, 2.05) is 18.5 Å². The van der Waals surface area contributed by atoms with E-state index < -0.39 is 0 Å². The van der Waals surface area contributed by atoms with E-state index in [1.54, 1.807) is 0 Å². The van der Waals surface area contributed by atoms with E-state index >= 15 is 0 Å². The molecule has 1 N–H and O–H groups in total. The molecular weight excluding hydrogens is 196 g/mol. The molecule has 2 nitrogen and oxygen atoms in total. The number of nitrogens with zero attached hydrogens (tertiary/aromatic N) is 1. The molecule has 0 radical (unpaired) electrons. The van der Waals surface area contributed by atoms with Gasteiger partial charge in [-0.3, -0.25) is 4.98 Å². The fraction of sp³-hybridized carbons (Fsp3) is 0.643. The van der Waals surface area contributed by atoms with Crippen molar-refractivity contribution in [3.05, 3.63) is 30.1 Å². The van der Waals surface area contributed by atoms with Crippen LogP contribution in [0.1, 0.15) is 39.2 Å². The second-order valence-electron chi connectivity index (χ2n) is 5.46. The maximum atomic E-state index is 4.14. The van der Waals surface area contributed by atoms with Gasteiger partial charge in [0.1, 0.15) is 0 Å². The van der Waals surface area contributed by atoms with Crippen molar-refractivity contribution < 1.29 is 0 Å². The van der Waals surface area contributed by atoms with Gasteiger partial charge in [-0.25, -0.2) is 0 Å². The standard InChI is InChI=1S/C14H24N2/c1-14(2,3)13(15-4)9-5-7-12-8-6-10-16-11-12/h6,8,10-11,13,15H,5,7,9H2,1-4H3. The predicted molar refractivity (Wildman–Crippen MR) is 69.5 cm³/mol. The van der Waals surface area contributed by atoms with Gasteiger partial charge in [-0.1, -0.05) is 26.8 Å². The summed E-state index contributed by atoms with van der Waals surface area (Å²) in [6.45, 7) is 6.87. The highest BCUT2D eigenvalue weighted by molar-refractivity contribution is 5.08. The first-order valence-electron chi connectivity index (χ1n) is 6.10. The smallest absolute Gasteiger partial charge is 0.0299 e. The number of hydrogen-bond acceptors (Lipinski definition) is 2. The Labute approximate surface area is 99.5 Å². The summed E-state index contributed by atoms with van der Waals surface area (Å²) in [6.07, 6.45) is 7.35. The minimum absolute atomic E-state index is 0.337. The largest absolute Gasteiger partial charge is 0.316 e. The molecule has 0 aliphatic heterocycles. The molecule has 0 saturated heterocycles. The molecule has 0 spiro atoms. The second-order valence-corrected chi connectivity index (χ2v) is 5.46. The first-order valence-corrected chi connectivity index (χ1v) is 6.10. The molecule has 0 amide bonds. The van der Waals surface area contributed by atoms with Crippen LogP contribution in [-0.4, -0.2) is 18.1 Å². The Hall–Kier alpha value is -0.890. The molecule has 1 atom stereocenters. The van der Waals surface area contributed by atoms with Crippen LogP contribution in [-0.2, 0) is 6.42 Å². The topological polar surface area (TPSA) is 24.9 Å². The second kappa shape index (κ2) is 6.00. The van der Waals surface area contributed by atoms with Crippen molar-refractivity contribution in [1.29, 1.82) is 0 Å². The maximum absolute atomic E-state index is 4.14. The molecule has 1 aromatic rings. The molecule has 90 valence electrons. The van der Waals surface area contributed by atoms with Crippen LogP contribution < -0.4 is 5.32 Å². The summed E-state index contributed by atoms with van der Waals surface area (Å²) in [7, 11) is 2.06. The lowest BCUT2D eigenvalue weighted by Crippen LogP contribution is -2.37. The van der Waals surface area contributed by atoms with E-state index in [1.165, 1.54) is 18.4 Å². The van der Waals surface area contributed by atoms with Gasteiger partial charge < -0.3 is 5.32 Å². The first kappa shape index (κ1) is 13.2. The van der Waals surface area contributed by atoms with Crippen LogP contribution in [0.15, 0.2) is 24.5 Å². The Morgan fingerprint density at radius 3 is 2.62 bits per heavy atom. The van der Waals surface area contributed by atoms with Crippen molar-refractivity contribution in [1.82, 2.24) is 10.3 Å². The molecular formula is C14H24N2. The first-order chi connectivity index (χ1) is 7.54. The van der Waals surface area contributed by atoms with Crippen LogP contribution in [0.4, 0.5) is 0 Å². The monoisotopic (exact) mass is 220 g/mol. The average molecular weight is 220 g/mol. The lowest BCUT2D eigenvalue weighted by Gasteiger charge is -2.30. The van der Waals surface area contributed by atoms with Crippen LogP contribution in [0.5, 0.6) is 0 Å². The third kappa shape index (κ3) is 4.31. The quantitative estimate of drug-likeness (QED) is 0.825. The summed E-state index contributed by atoms with van der Waals surface area (Å²) < 4.78 is 0. The highest BCUT2D eigenvalue weighted by Gasteiger charge is 2.21. The third-order valence-electron chi connectivity index (χ3n) is 3.07. The Morgan fingerprint density at radius 2 is 2.12 bits per heavy atom. The summed E-state index contributed by atoms with van der Waals surface area (Å²) in [6, 6.07) is 4.75. The average Bonchev–Trinajstić information content (AvgIpc) is 2.24. The van der Waals surface area contributed by atoms with Crippen LogP contribution in [0.25, 0.3) is 0 Å². The molecule has 1 heterocycles. The SMILES string of the molecule is CNC(CCCc1cccnc1)C(C)(C)C. The van der Waals surface area contributed by atoms with Crippen molar-refractivity contribution >= 4 is 0 Å². The van der Waals surface area contributed by atoms with Gasteiger partial charge in [0.2, 0.25) is 0 Å². The predicted octanol–water partition coefficient (Wildman–Crippen LogP) is 3.04. The Balaban J connectivity index is 2.35. The fourth-order valence-corrected chi connectivity index (χ4v) is 2.07. The Kier molecular flexibility index (Phi) is 4.94. The number of rotatable bonds is 5. The number of aromatic nitrogens is 1. The lowest BCUT2D eigenvalue weighted by molar-refractivity contribution is 0.263. The molecule has 16 heavy (non-hydrogen) atoms. The van der Waals surface area contributed by atoms with Crippen molar-refractivity contribution in [2.45, 2.75) is 46.1 Å². The Bertz CT molecular complexity index is 287. The fourth-order valence-electron chi connectivity index (χ4n) is 2.07. The minimum Gasteiger partial charge on any atom is -0.316 e. The van der Waals surface area contributed by atoms with Gasteiger partial charge in [-0.2, -0.15) is 0 Å². The summed E-state index contributed by atoms with van der Waals surface area (Å²) in [5, 5.41) is 3.41. The molecule has 0 fully saturated rings. The summed E-state index contributed by atoms with van der Waals surface area (Å²) in [4.78, 5) is 4.14. The zero-order valence-corrected chi connectivity index (χ0v) is 11.0. The molecule has 0 bridgehead atoms. The molecule has 0 saturated carbocycles. The number of hydrogen-bond donors (Lipinski definition) is 1. The van der Waals surface area contributed by atoms with Crippen molar-refractivity contribution in [2.75, 3.05) is 7.05 Å². The molecule has 2 heteroatoms. The maximum Gasteiger partial charge on any atom is 0.0299 e. The Morgan fingerprint density at radius 1 is 1.38 bits per heavy atom. The van der Waals surface area contributed by atoms with Gasteiger partial charge in [-0.15, -0.1) is 0 Å². The van der Waals surface area contributed by atoms with Gasteiger partial charge in [0, 0.05) is 18.4 Å². The van der Waals surface area contributed by atoms with Crippen molar-refractivity contribution in [3.8, 4) is 0 Å². The molecule has 1 rings (SSSR count). The van der Waals surface area contributed by atoms with Gasteiger partial charge >= 0.3 is 0 Å². The van der Waals surface area contributed by atoms with Gasteiger partial charge in [-0.05, 0) is 43.4 Å². The highest BCUT2D eigenvalue weighted by Crippen LogP contribution is 2.23. The number of nitrogens with one attached hydrogen (secondary N) is 1. The summed E-state index contributed by atoms with van der Waals surface area (Å²) in [5.74, 6) is 0. The van der Waals surface area contributed by atoms with E-state index in [0.29, 0.717) is 11.5 Å². The van der Waals surface area contributed by atoms with Crippen molar-refractivity contribution in [2.24, 2.45) is 5.41 Å². The van der Waals surface area contributed by atoms with Crippen LogP contribution in [0.2, 0.25) is 0 Å². The summed E-state index contributed by atoms with van der Waals surface area (Å²) in [5.41, 5.74) is 1.68. The van der Waals surface area contributed by atoms with Crippen molar-refractivity contribution in [3.63, 3.8) is 0 Å². The van der Waals surface area contributed by atoms with E-state index in [4.69, 9.17) is 0 Å². The van der Waals surface area contributed by atoms with E-state index in [-0.39, 0.29) is 0 Å². The van der Waals surface area contributed by atoms with Crippen LogP contribution in [0, 0.1) is 5.41 Å². The van der Waals surface area contributed by atoms with Gasteiger partial charge in [0.05, 0.1) is 0 Å². The third-order valence-corrected chi connectivity index (χ3v) is 3.07.